The summed E-state index contributed by atoms with van der Waals surface area (Å²) in [5, 5.41) is 3.35. The Hall–Kier alpha value is -1.39. The van der Waals surface area contributed by atoms with E-state index in [2.05, 4.69) is 12.2 Å². The molecule has 4 heteroatoms. The fourth-order valence-corrected chi connectivity index (χ4v) is 2.60. The average Bonchev–Trinajstić information content (AvgIpc) is 2.85. The number of carbonyl (C=O) groups excluding carboxylic acids is 1. The predicted molar refractivity (Wildman–Crippen MR) is 68.3 cm³/mol. The van der Waals surface area contributed by atoms with Crippen LogP contribution < -0.4 is 5.32 Å². The molecule has 18 heavy (non-hydrogen) atoms. The Morgan fingerprint density at radius 3 is 3.06 bits per heavy atom. The number of hydrogen-bond donors (Lipinski definition) is 1. The van der Waals surface area contributed by atoms with Crippen molar-refractivity contribution in [2.75, 3.05) is 19.6 Å². The molecule has 1 amide bonds. The smallest absolute Gasteiger partial charge is 0.253 e. The third kappa shape index (κ3) is 2.13. The average molecular weight is 246 g/mol. The first-order valence-corrected chi connectivity index (χ1v) is 6.46. The van der Waals surface area contributed by atoms with E-state index < -0.39 is 0 Å². The zero-order valence-corrected chi connectivity index (χ0v) is 10.6. The molecule has 1 aromatic carbocycles. The Bertz CT molecular complexity index is 473. The third-order valence-corrected chi connectivity index (χ3v) is 3.62. The minimum atomic E-state index is 0.137. The normalized spacial score (nSPS) is 22.9. The summed E-state index contributed by atoms with van der Waals surface area (Å²) in [6, 6.07) is 6.29. The van der Waals surface area contributed by atoms with Crippen LogP contribution in [0.2, 0.25) is 0 Å². The van der Waals surface area contributed by atoms with Crippen LogP contribution >= 0.6 is 0 Å². The molecule has 1 fully saturated rings. The van der Waals surface area contributed by atoms with Crippen molar-refractivity contribution < 1.29 is 9.53 Å². The van der Waals surface area contributed by atoms with Gasteiger partial charge in [-0.3, -0.25) is 4.79 Å². The fraction of sp³-hybridized carbons (Fsp3) is 0.500. The SMILES string of the molecule is CC1CN(C(=O)c2ccc3c(c2)COC3)CCN1. The number of fused-ring (bicyclic) bond motifs is 1. The summed E-state index contributed by atoms with van der Waals surface area (Å²) in [5.74, 6) is 0.137. The Morgan fingerprint density at radius 2 is 2.22 bits per heavy atom. The van der Waals surface area contributed by atoms with Gasteiger partial charge in [0.2, 0.25) is 0 Å². The van der Waals surface area contributed by atoms with E-state index in [9.17, 15) is 4.79 Å². The van der Waals surface area contributed by atoms with Crippen LogP contribution in [0.5, 0.6) is 0 Å². The highest BCUT2D eigenvalue weighted by atomic mass is 16.5. The van der Waals surface area contributed by atoms with Gasteiger partial charge in [-0.1, -0.05) is 6.07 Å². The van der Waals surface area contributed by atoms with E-state index in [1.165, 1.54) is 5.56 Å². The molecule has 96 valence electrons. The lowest BCUT2D eigenvalue weighted by Crippen LogP contribution is -2.51. The zero-order chi connectivity index (χ0) is 12.5. The summed E-state index contributed by atoms with van der Waals surface area (Å²) in [6.07, 6.45) is 0. The van der Waals surface area contributed by atoms with Crippen LogP contribution in [0.4, 0.5) is 0 Å². The number of nitrogens with one attached hydrogen (secondary N) is 1. The molecule has 2 aliphatic heterocycles. The van der Waals surface area contributed by atoms with E-state index in [4.69, 9.17) is 4.74 Å². The summed E-state index contributed by atoms with van der Waals surface area (Å²) in [7, 11) is 0. The lowest BCUT2D eigenvalue weighted by molar-refractivity contribution is 0.0709. The lowest BCUT2D eigenvalue weighted by atomic mass is 10.0. The molecule has 3 rings (SSSR count). The number of benzene rings is 1. The minimum Gasteiger partial charge on any atom is -0.372 e. The topological polar surface area (TPSA) is 41.6 Å². The molecule has 1 N–H and O–H groups in total. The molecule has 0 spiro atoms. The standard InChI is InChI=1S/C14H18N2O2/c1-10-7-16(5-4-15-10)14(17)11-2-3-12-8-18-9-13(12)6-11/h2-3,6,10,15H,4-5,7-9H2,1H3. The summed E-state index contributed by atoms with van der Waals surface area (Å²) < 4.78 is 5.38. The van der Waals surface area contributed by atoms with Gasteiger partial charge in [-0.15, -0.1) is 0 Å². The molecule has 1 atom stereocenters. The highest BCUT2D eigenvalue weighted by Crippen LogP contribution is 2.21. The highest BCUT2D eigenvalue weighted by Gasteiger charge is 2.22. The van der Waals surface area contributed by atoms with Crippen LogP contribution in [0.25, 0.3) is 0 Å². The van der Waals surface area contributed by atoms with Gasteiger partial charge in [0.25, 0.3) is 5.91 Å². The van der Waals surface area contributed by atoms with Crippen molar-refractivity contribution in [2.24, 2.45) is 0 Å². The Morgan fingerprint density at radius 1 is 1.39 bits per heavy atom. The fourth-order valence-electron chi connectivity index (χ4n) is 2.60. The van der Waals surface area contributed by atoms with Crippen LogP contribution in [-0.4, -0.2) is 36.5 Å². The largest absolute Gasteiger partial charge is 0.372 e. The molecule has 1 unspecified atom stereocenters. The minimum absolute atomic E-state index is 0.137. The summed E-state index contributed by atoms with van der Waals surface area (Å²) in [6.45, 7) is 5.86. The van der Waals surface area contributed by atoms with Gasteiger partial charge in [-0.2, -0.15) is 0 Å². The molecule has 0 bridgehead atoms. The maximum absolute atomic E-state index is 12.4. The maximum atomic E-state index is 12.4. The maximum Gasteiger partial charge on any atom is 0.253 e. The van der Waals surface area contributed by atoms with E-state index in [0.29, 0.717) is 19.3 Å². The number of ether oxygens (including phenoxy) is 1. The second kappa shape index (κ2) is 4.71. The van der Waals surface area contributed by atoms with Crippen molar-refractivity contribution in [3.63, 3.8) is 0 Å². The van der Waals surface area contributed by atoms with E-state index in [1.807, 2.05) is 23.1 Å². The van der Waals surface area contributed by atoms with Crippen molar-refractivity contribution in [1.29, 1.82) is 0 Å². The van der Waals surface area contributed by atoms with Crippen molar-refractivity contribution in [3.05, 3.63) is 34.9 Å². The summed E-state index contributed by atoms with van der Waals surface area (Å²) >= 11 is 0. The second-order valence-corrected chi connectivity index (χ2v) is 5.08. The van der Waals surface area contributed by atoms with E-state index in [-0.39, 0.29) is 5.91 Å². The van der Waals surface area contributed by atoms with Crippen LogP contribution in [0.15, 0.2) is 18.2 Å². The Labute approximate surface area is 107 Å². The summed E-state index contributed by atoms with van der Waals surface area (Å²) in [5.41, 5.74) is 3.15. The number of amides is 1. The van der Waals surface area contributed by atoms with Crippen LogP contribution in [0.3, 0.4) is 0 Å². The second-order valence-electron chi connectivity index (χ2n) is 5.08. The first kappa shape index (κ1) is 11.7. The van der Waals surface area contributed by atoms with Crippen LogP contribution in [-0.2, 0) is 18.0 Å². The first-order chi connectivity index (χ1) is 8.74. The van der Waals surface area contributed by atoms with E-state index in [0.717, 1.165) is 30.8 Å². The van der Waals surface area contributed by atoms with Gasteiger partial charge in [0.1, 0.15) is 0 Å². The number of rotatable bonds is 1. The van der Waals surface area contributed by atoms with Gasteiger partial charge in [-0.05, 0) is 30.2 Å². The van der Waals surface area contributed by atoms with Crippen molar-refractivity contribution in [1.82, 2.24) is 10.2 Å². The quantitative estimate of drug-likeness (QED) is 0.808. The monoisotopic (exact) mass is 246 g/mol. The predicted octanol–water partition coefficient (Wildman–Crippen LogP) is 1.15. The van der Waals surface area contributed by atoms with Crippen molar-refractivity contribution >= 4 is 5.91 Å². The van der Waals surface area contributed by atoms with E-state index in [1.54, 1.807) is 0 Å². The molecule has 2 heterocycles. The van der Waals surface area contributed by atoms with Gasteiger partial charge in [0.05, 0.1) is 13.2 Å². The molecule has 1 aromatic rings. The molecule has 0 saturated carbocycles. The highest BCUT2D eigenvalue weighted by molar-refractivity contribution is 5.94. The molecule has 1 saturated heterocycles. The molecular formula is C14H18N2O2. The number of carbonyl (C=O) groups is 1. The summed E-state index contributed by atoms with van der Waals surface area (Å²) in [4.78, 5) is 14.3. The molecule has 0 aromatic heterocycles. The molecule has 0 radical (unpaired) electrons. The molecule has 4 nitrogen and oxygen atoms in total. The van der Waals surface area contributed by atoms with Crippen molar-refractivity contribution in [3.8, 4) is 0 Å². The van der Waals surface area contributed by atoms with Gasteiger partial charge in [-0.25, -0.2) is 0 Å². The van der Waals surface area contributed by atoms with Gasteiger partial charge in [0, 0.05) is 31.2 Å². The first-order valence-electron chi connectivity index (χ1n) is 6.46. The van der Waals surface area contributed by atoms with Gasteiger partial charge in [0.15, 0.2) is 0 Å². The van der Waals surface area contributed by atoms with Crippen LogP contribution in [0.1, 0.15) is 28.4 Å². The molecular weight excluding hydrogens is 228 g/mol. The van der Waals surface area contributed by atoms with Gasteiger partial charge >= 0.3 is 0 Å². The number of nitrogens with zero attached hydrogens (tertiary/aromatic N) is 1. The third-order valence-electron chi connectivity index (χ3n) is 3.62. The van der Waals surface area contributed by atoms with E-state index >= 15 is 0 Å². The molecule has 0 aliphatic carbocycles. The van der Waals surface area contributed by atoms with Gasteiger partial charge < -0.3 is 15.0 Å². The number of piperazine rings is 1. The molecule has 2 aliphatic rings. The Kier molecular flexibility index (Phi) is 3.06. The zero-order valence-electron chi connectivity index (χ0n) is 10.6. The number of hydrogen-bond acceptors (Lipinski definition) is 3. The lowest BCUT2D eigenvalue weighted by Gasteiger charge is -2.32. The van der Waals surface area contributed by atoms with Crippen LogP contribution in [0, 0.1) is 0 Å². The Balaban J connectivity index is 1.79. The van der Waals surface area contributed by atoms with Crippen molar-refractivity contribution in [2.45, 2.75) is 26.2 Å².